The molecule has 0 aromatic carbocycles. The Bertz CT molecular complexity index is 482. The first-order valence-electron chi connectivity index (χ1n) is 8.28. The van der Waals surface area contributed by atoms with E-state index < -0.39 is 0 Å². The van der Waals surface area contributed by atoms with Crippen molar-refractivity contribution in [1.82, 2.24) is 10.2 Å². The molecule has 1 aromatic rings. The van der Waals surface area contributed by atoms with E-state index in [-0.39, 0.29) is 24.0 Å². The highest BCUT2D eigenvalue weighted by Gasteiger charge is 2.43. The first-order valence-corrected chi connectivity index (χ1v) is 9.22. The van der Waals surface area contributed by atoms with Crippen molar-refractivity contribution in [3.8, 4) is 0 Å². The number of nitrogens with zero attached hydrogens (tertiary/aromatic N) is 2. The summed E-state index contributed by atoms with van der Waals surface area (Å²) in [5, 5.41) is 7.89. The van der Waals surface area contributed by atoms with Crippen molar-refractivity contribution in [3.05, 3.63) is 22.4 Å². The number of hydrogen-bond acceptors (Lipinski definition) is 2. The second-order valence-electron chi connectivity index (χ2n) is 6.68. The number of aliphatic imine (C=N–C) groups is 1. The monoisotopic (exact) mass is 433 g/mol. The fourth-order valence-electron chi connectivity index (χ4n) is 3.51. The number of guanidine groups is 1. The van der Waals surface area contributed by atoms with Crippen LogP contribution in [0, 0.1) is 5.41 Å². The summed E-state index contributed by atoms with van der Waals surface area (Å²) in [5.41, 5.74) is 2.05. The first kappa shape index (κ1) is 18.0. The zero-order valence-corrected chi connectivity index (χ0v) is 16.8. The number of likely N-dealkylation sites (tertiary alicyclic amines) is 1. The molecule has 1 aliphatic heterocycles. The van der Waals surface area contributed by atoms with Crippen LogP contribution in [0.4, 0.5) is 0 Å². The van der Waals surface area contributed by atoms with Gasteiger partial charge in [-0.1, -0.05) is 13.3 Å². The lowest BCUT2D eigenvalue weighted by Crippen LogP contribution is -2.42. The highest BCUT2D eigenvalue weighted by molar-refractivity contribution is 14.0. The second kappa shape index (κ2) is 7.99. The van der Waals surface area contributed by atoms with Crippen LogP contribution in [-0.4, -0.2) is 37.0 Å². The van der Waals surface area contributed by atoms with Gasteiger partial charge in [-0.3, -0.25) is 4.99 Å². The van der Waals surface area contributed by atoms with Crippen LogP contribution in [0.15, 0.2) is 21.8 Å². The Balaban J connectivity index is 0.00000176. The van der Waals surface area contributed by atoms with E-state index in [1.54, 1.807) is 11.3 Å². The summed E-state index contributed by atoms with van der Waals surface area (Å²) in [4.78, 5) is 7.40. The molecule has 0 amide bonds. The van der Waals surface area contributed by atoms with Crippen molar-refractivity contribution in [2.24, 2.45) is 10.4 Å². The Morgan fingerprint density at radius 2 is 2.27 bits per heavy atom. The Labute approximate surface area is 155 Å². The van der Waals surface area contributed by atoms with Crippen molar-refractivity contribution in [2.45, 2.75) is 45.4 Å². The standard InChI is InChI=1S/C17H27N3S.HI/c1-3-18-16(19-11-14(2)15-5-10-21-12-15)20-9-8-17(13-20)6-4-7-17;/h5,10,12,14H,3-4,6-9,11,13H2,1-2H3,(H,18,19);1H. The molecule has 3 nitrogen and oxygen atoms in total. The predicted octanol–water partition coefficient (Wildman–Crippen LogP) is 4.31. The number of nitrogens with one attached hydrogen (secondary N) is 1. The van der Waals surface area contributed by atoms with Crippen LogP contribution in [0.5, 0.6) is 0 Å². The zero-order chi connectivity index (χ0) is 14.7. The van der Waals surface area contributed by atoms with Crippen LogP contribution >= 0.6 is 35.3 Å². The van der Waals surface area contributed by atoms with Gasteiger partial charge < -0.3 is 10.2 Å². The second-order valence-corrected chi connectivity index (χ2v) is 7.46. The summed E-state index contributed by atoms with van der Waals surface area (Å²) in [6.07, 6.45) is 5.64. The van der Waals surface area contributed by atoms with Crippen LogP contribution < -0.4 is 5.32 Å². The molecule has 2 fully saturated rings. The molecule has 2 aliphatic rings. The summed E-state index contributed by atoms with van der Waals surface area (Å²) in [6, 6.07) is 2.22. The van der Waals surface area contributed by atoms with Gasteiger partial charge in [0, 0.05) is 32.1 Å². The first-order chi connectivity index (χ1) is 10.2. The van der Waals surface area contributed by atoms with E-state index in [2.05, 4.69) is 40.9 Å². The van der Waals surface area contributed by atoms with Crippen molar-refractivity contribution < 1.29 is 0 Å². The molecule has 1 aromatic heterocycles. The number of thiophene rings is 1. The van der Waals surface area contributed by atoms with Gasteiger partial charge in [-0.15, -0.1) is 24.0 Å². The third-order valence-corrected chi connectivity index (χ3v) is 5.82. The Hall–Kier alpha value is -0.300. The molecule has 22 heavy (non-hydrogen) atoms. The van der Waals surface area contributed by atoms with Gasteiger partial charge in [0.25, 0.3) is 0 Å². The van der Waals surface area contributed by atoms with Gasteiger partial charge in [-0.05, 0) is 54.0 Å². The number of hydrogen-bond donors (Lipinski definition) is 1. The van der Waals surface area contributed by atoms with Crippen LogP contribution in [0.3, 0.4) is 0 Å². The molecule has 3 rings (SSSR count). The van der Waals surface area contributed by atoms with E-state index >= 15 is 0 Å². The van der Waals surface area contributed by atoms with Crippen LogP contribution in [0.2, 0.25) is 0 Å². The maximum absolute atomic E-state index is 4.91. The topological polar surface area (TPSA) is 27.6 Å². The molecule has 5 heteroatoms. The van der Waals surface area contributed by atoms with Crippen molar-refractivity contribution in [1.29, 1.82) is 0 Å². The average Bonchev–Trinajstić information content (AvgIpc) is 3.10. The molecule has 124 valence electrons. The van der Waals surface area contributed by atoms with E-state index in [1.807, 2.05) is 0 Å². The van der Waals surface area contributed by atoms with E-state index in [9.17, 15) is 0 Å². The molecule has 1 spiro atoms. The largest absolute Gasteiger partial charge is 0.357 e. The van der Waals surface area contributed by atoms with Gasteiger partial charge in [-0.2, -0.15) is 11.3 Å². The molecule has 1 atom stereocenters. The Kier molecular flexibility index (Phi) is 6.56. The quantitative estimate of drug-likeness (QED) is 0.435. The molecule has 1 aliphatic carbocycles. The van der Waals surface area contributed by atoms with E-state index in [0.29, 0.717) is 11.3 Å². The Morgan fingerprint density at radius 1 is 1.45 bits per heavy atom. The molecule has 1 N–H and O–H groups in total. The molecule has 2 heterocycles. The Morgan fingerprint density at radius 3 is 2.82 bits per heavy atom. The lowest BCUT2D eigenvalue weighted by molar-refractivity contribution is 0.151. The average molecular weight is 433 g/mol. The molecule has 1 saturated heterocycles. The number of halogens is 1. The van der Waals surface area contributed by atoms with Gasteiger partial charge in [0.05, 0.1) is 0 Å². The van der Waals surface area contributed by atoms with Gasteiger partial charge in [0.1, 0.15) is 0 Å². The minimum atomic E-state index is 0. The SMILES string of the molecule is CCNC(=NCC(C)c1ccsc1)N1CCC2(CCC2)C1.I. The fourth-order valence-corrected chi connectivity index (χ4v) is 4.29. The third kappa shape index (κ3) is 3.96. The molecule has 1 saturated carbocycles. The van der Waals surface area contributed by atoms with E-state index in [4.69, 9.17) is 4.99 Å². The third-order valence-electron chi connectivity index (χ3n) is 5.11. The predicted molar refractivity (Wildman–Crippen MR) is 107 cm³/mol. The van der Waals surface area contributed by atoms with E-state index in [1.165, 1.54) is 44.3 Å². The van der Waals surface area contributed by atoms with Crippen molar-refractivity contribution >= 4 is 41.3 Å². The van der Waals surface area contributed by atoms with Crippen molar-refractivity contribution in [3.63, 3.8) is 0 Å². The maximum atomic E-state index is 4.91. The lowest BCUT2D eigenvalue weighted by Gasteiger charge is -2.38. The molecule has 0 radical (unpaired) electrons. The van der Waals surface area contributed by atoms with E-state index in [0.717, 1.165) is 19.0 Å². The van der Waals surface area contributed by atoms with Gasteiger partial charge in [-0.25, -0.2) is 0 Å². The minimum Gasteiger partial charge on any atom is -0.357 e. The molecule has 1 unspecified atom stereocenters. The molecule has 0 bridgehead atoms. The summed E-state index contributed by atoms with van der Waals surface area (Å²) in [6.45, 7) is 8.65. The molecular weight excluding hydrogens is 405 g/mol. The normalized spacial score (nSPS) is 21.4. The van der Waals surface area contributed by atoms with Gasteiger partial charge in [0.2, 0.25) is 0 Å². The summed E-state index contributed by atoms with van der Waals surface area (Å²) >= 11 is 1.77. The summed E-state index contributed by atoms with van der Waals surface area (Å²) in [5.74, 6) is 1.63. The highest BCUT2D eigenvalue weighted by Crippen LogP contribution is 2.47. The van der Waals surface area contributed by atoms with Crippen LogP contribution in [0.25, 0.3) is 0 Å². The van der Waals surface area contributed by atoms with Gasteiger partial charge in [0.15, 0.2) is 5.96 Å². The fraction of sp³-hybridized carbons (Fsp3) is 0.706. The zero-order valence-electron chi connectivity index (χ0n) is 13.7. The highest BCUT2D eigenvalue weighted by atomic mass is 127. The maximum Gasteiger partial charge on any atom is 0.193 e. The lowest BCUT2D eigenvalue weighted by atomic mass is 9.68. The summed E-state index contributed by atoms with van der Waals surface area (Å²) in [7, 11) is 0. The van der Waals surface area contributed by atoms with Crippen LogP contribution in [-0.2, 0) is 0 Å². The van der Waals surface area contributed by atoms with Crippen molar-refractivity contribution in [2.75, 3.05) is 26.2 Å². The molecular formula is C17H28IN3S. The van der Waals surface area contributed by atoms with Crippen LogP contribution in [0.1, 0.15) is 51.0 Å². The van der Waals surface area contributed by atoms with Gasteiger partial charge >= 0.3 is 0 Å². The number of rotatable bonds is 4. The summed E-state index contributed by atoms with van der Waals surface area (Å²) < 4.78 is 0. The smallest absolute Gasteiger partial charge is 0.193 e. The minimum absolute atomic E-state index is 0.